The fraction of sp³-hybridized carbons (Fsp3) is 0.429. The molecule has 1 saturated heterocycles. The fourth-order valence-electron chi connectivity index (χ4n) is 2.26. The third-order valence-corrected chi connectivity index (χ3v) is 3.33. The van der Waals surface area contributed by atoms with Crippen LogP contribution in [0.15, 0.2) is 18.2 Å². The monoisotopic (exact) mass is 276 g/mol. The van der Waals surface area contributed by atoms with Crippen molar-refractivity contribution in [3.8, 4) is 0 Å². The van der Waals surface area contributed by atoms with E-state index in [-0.39, 0.29) is 11.8 Å². The predicted octanol–water partition coefficient (Wildman–Crippen LogP) is 0.297. The highest BCUT2D eigenvalue weighted by molar-refractivity contribution is 6.01. The maximum absolute atomic E-state index is 12.6. The Morgan fingerprint density at radius 2 is 2.10 bits per heavy atom. The minimum atomic E-state index is -0.0856. The summed E-state index contributed by atoms with van der Waals surface area (Å²) >= 11 is 0. The lowest BCUT2D eigenvalue weighted by Crippen LogP contribution is -2.35. The third-order valence-electron chi connectivity index (χ3n) is 3.33. The van der Waals surface area contributed by atoms with Crippen molar-refractivity contribution in [3.63, 3.8) is 0 Å². The standard InChI is InChI=1S/C14H20N4O2/c1-17(2)12-4-3-10(15)9-11(12)14(20)18-7-5-13(19)16-6-8-18/h3-4,9H,5-8,15H2,1-2H3,(H,16,19). The van der Waals surface area contributed by atoms with Crippen LogP contribution in [-0.2, 0) is 4.79 Å². The van der Waals surface area contributed by atoms with Gasteiger partial charge >= 0.3 is 0 Å². The van der Waals surface area contributed by atoms with E-state index in [2.05, 4.69) is 5.32 Å². The van der Waals surface area contributed by atoms with Crippen LogP contribution in [0.3, 0.4) is 0 Å². The molecule has 0 aromatic heterocycles. The molecule has 0 radical (unpaired) electrons. The Hall–Kier alpha value is -2.24. The summed E-state index contributed by atoms with van der Waals surface area (Å²) in [5.41, 5.74) is 7.75. The lowest BCUT2D eigenvalue weighted by atomic mass is 10.1. The minimum absolute atomic E-state index is 0.0132. The normalized spacial score (nSPS) is 15.5. The highest BCUT2D eigenvalue weighted by Crippen LogP contribution is 2.23. The highest BCUT2D eigenvalue weighted by Gasteiger charge is 2.22. The second-order valence-electron chi connectivity index (χ2n) is 5.06. The summed E-state index contributed by atoms with van der Waals surface area (Å²) in [6.45, 7) is 1.45. The van der Waals surface area contributed by atoms with Crippen molar-refractivity contribution in [2.45, 2.75) is 6.42 Å². The molecule has 108 valence electrons. The van der Waals surface area contributed by atoms with Crippen molar-refractivity contribution >= 4 is 23.2 Å². The van der Waals surface area contributed by atoms with Gasteiger partial charge in [0.1, 0.15) is 0 Å². The smallest absolute Gasteiger partial charge is 0.256 e. The molecule has 1 aromatic rings. The molecule has 0 spiro atoms. The molecule has 1 aliphatic heterocycles. The highest BCUT2D eigenvalue weighted by atomic mass is 16.2. The van der Waals surface area contributed by atoms with E-state index in [0.717, 1.165) is 5.69 Å². The zero-order chi connectivity index (χ0) is 14.7. The molecular formula is C14H20N4O2. The van der Waals surface area contributed by atoms with E-state index in [1.807, 2.05) is 25.1 Å². The summed E-state index contributed by atoms with van der Waals surface area (Å²) in [4.78, 5) is 27.6. The van der Waals surface area contributed by atoms with Crippen molar-refractivity contribution in [1.29, 1.82) is 0 Å². The molecular weight excluding hydrogens is 256 g/mol. The molecule has 0 bridgehead atoms. The van der Waals surface area contributed by atoms with Crippen LogP contribution < -0.4 is 16.0 Å². The van der Waals surface area contributed by atoms with Crippen LogP contribution in [0.4, 0.5) is 11.4 Å². The number of nitrogen functional groups attached to an aromatic ring is 1. The molecule has 1 aliphatic rings. The van der Waals surface area contributed by atoms with E-state index in [9.17, 15) is 9.59 Å². The van der Waals surface area contributed by atoms with Gasteiger partial charge in [-0.1, -0.05) is 0 Å². The summed E-state index contributed by atoms with van der Waals surface area (Å²) < 4.78 is 0. The molecule has 3 N–H and O–H groups in total. The van der Waals surface area contributed by atoms with Gasteiger partial charge in [-0.3, -0.25) is 9.59 Å². The van der Waals surface area contributed by atoms with E-state index in [1.165, 1.54) is 0 Å². The van der Waals surface area contributed by atoms with Crippen molar-refractivity contribution in [2.24, 2.45) is 0 Å². The summed E-state index contributed by atoms with van der Waals surface area (Å²) in [7, 11) is 3.77. The number of nitrogens with one attached hydrogen (secondary N) is 1. The van der Waals surface area contributed by atoms with Gasteiger partial charge in [0.25, 0.3) is 5.91 Å². The molecule has 1 heterocycles. The van der Waals surface area contributed by atoms with E-state index in [0.29, 0.717) is 37.3 Å². The topological polar surface area (TPSA) is 78.7 Å². The first-order valence-corrected chi connectivity index (χ1v) is 6.62. The van der Waals surface area contributed by atoms with Gasteiger partial charge in [0.2, 0.25) is 5.91 Å². The van der Waals surface area contributed by atoms with Crippen LogP contribution in [-0.4, -0.2) is 50.4 Å². The van der Waals surface area contributed by atoms with Crippen molar-refractivity contribution < 1.29 is 9.59 Å². The number of hydrogen-bond donors (Lipinski definition) is 2. The van der Waals surface area contributed by atoms with Gasteiger partial charge < -0.3 is 20.9 Å². The second-order valence-corrected chi connectivity index (χ2v) is 5.06. The molecule has 0 atom stereocenters. The van der Waals surface area contributed by atoms with Gasteiger partial charge in [0.15, 0.2) is 0 Å². The number of anilines is 2. The number of hydrogen-bond acceptors (Lipinski definition) is 4. The lowest BCUT2D eigenvalue weighted by molar-refractivity contribution is -0.120. The van der Waals surface area contributed by atoms with E-state index in [4.69, 9.17) is 5.73 Å². The number of carbonyl (C=O) groups excluding carboxylic acids is 2. The average molecular weight is 276 g/mol. The van der Waals surface area contributed by atoms with Crippen LogP contribution in [0.1, 0.15) is 16.8 Å². The zero-order valence-corrected chi connectivity index (χ0v) is 11.8. The maximum atomic E-state index is 12.6. The van der Waals surface area contributed by atoms with Gasteiger partial charge in [0, 0.05) is 51.5 Å². The van der Waals surface area contributed by atoms with Gasteiger partial charge in [-0.15, -0.1) is 0 Å². The van der Waals surface area contributed by atoms with Crippen LogP contribution in [0.25, 0.3) is 0 Å². The molecule has 2 rings (SSSR count). The quantitative estimate of drug-likeness (QED) is 0.761. The maximum Gasteiger partial charge on any atom is 0.256 e. The van der Waals surface area contributed by atoms with E-state index >= 15 is 0 Å². The number of nitrogens with zero attached hydrogens (tertiary/aromatic N) is 2. The van der Waals surface area contributed by atoms with Crippen LogP contribution in [0.2, 0.25) is 0 Å². The fourth-order valence-corrected chi connectivity index (χ4v) is 2.26. The Morgan fingerprint density at radius 3 is 2.80 bits per heavy atom. The summed E-state index contributed by atoms with van der Waals surface area (Å²) in [5.74, 6) is -0.0989. The number of carbonyl (C=O) groups is 2. The van der Waals surface area contributed by atoms with Crippen molar-refractivity contribution in [1.82, 2.24) is 10.2 Å². The molecule has 0 saturated carbocycles. The summed E-state index contributed by atoms with van der Waals surface area (Å²) in [6.07, 6.45) is 0.339. The number of benzene rings is 1. The Morgan fingerprint density at radius 1 is 1.35 bits per heavy atom. The largest absolute Gasteiger partial charge is 0.399 e. The molecule has 1 aromatic carbocycles. The van der Waals surface area contributed by atoms with Crippen molar-refractivity contribution in [3.05, 3.63) is 23.8 Å². The zero-order valence-electron chi connectivity index (χ0n) is 11.8. The Bertz CT molecular complexity index is 528. The lowest BCUT2D eigenvalue weighted by Gasteiger charge is -2.23. The second kappa shape index (κ2) is 5.81. The van der Waals surface area contributed by atoms with E-state index in [1.54, 1.807) is 17.0 Å². The number of amides is 2. The van der Waals surface area contributed by atoms with Gasteiger partial charge in [-0.2, -0.15) is 0 Å². The molecule has 2 amide bonds. The Balaban J connectivity index is 2.28. The minimum Gasteiger partial charge on any atom is -0.399 e. The van der Waals surface area contributed by atoms with Crippen LogP contribution in [0, 0.1) is 0 Å². The molecule has 0 unspecified atom stereocenters. The average Bonchev–Trinajstić information content (AvgIpc) is 2.62. The molecule has 6 heteroatoms. The summed E-state index contributed by atoms with van der Waals surface area (Å²) in [5, 5.41) is 2.76. The number of nitrogens with two attached hydrogens (primary N) is 1. The first-order chi connectivity index (χ1) is 9.49. The number of rotatable bonds is 2. The molecule has 0 aliphatic carbocycles. The van der Waals surface area contributed by atoms with Crippen LogP contribution in [0.5, 0.6) is 0 Å². The Kier molecular flexibility index (Phi) is 4.12. The first-order valence-electron chi connectivity index (χ1n) is 6.62. The van der Waals surface area contributed by atoms with Gasteiger partial charge in [-0.25, -0.2) is 0 Å². The first kappa shape index (κ1) is 14.2. The predicted molar refractivity (Wildman–Crippen MR) is 78.7 cm³/mol. The van der Waals surface area contributed by atoms with Crippen LogP contribution >= 0.6 is 0 Å². The molecule has 20 heavy (non-hydrogen) atoms. The van der Waals surface area contributed by atoms with Gasteiger partial charge in [-0.05, 0) is 18.2 Å². The van der Waals surface area contributed by atoms with Crippen molar-refractivity contribution in [2.75, 3.05) is 44.4 Å². The Labute approximate surface area is 118 Å². The van der Waals surface area contributed by atoms with Gasteiger partial charge in [0.05, 0.1) is 5.56 Å². The molecule has 6 nitrogen and oxygen atoms in total. The SMILES string of the molecule is CN(C)c1ccc(N)cc1C(=O)N1CCNC(=O)CC1. The molecule has 1 fully saturated rings. The van der Waals surface area contributed by atoms with E-state index < -0.39 is 0 Å². The summed E-state index contributed by atoms with van der Waals surface area (Å²) in [6, 6.07) is 5.31. The third kappa shape index (κ3) is 3.01.